The van der Waals surface area contributed by atoms with Crippen molar-refractivity contribution in [2.75, 3.05) is 5.75 Å². The van der Waals surface area contributed by atoms with Crippen LogP contribution in [-0.4, -0.2) is 22.5 Å². The number of hydrogen-bond donors (Lipinski definition) is 1. The molecule has 2 aliphatic rings. The van der Waals surface area contributed by atoms with Crippen LogP contribution in [0, 0.1) is 5.92 Å². The molecule has 1 N–H and O–H groups in total. The Morgan fingerprint density at radius 1 is 1.64 bits per heavy atom. The van der Waals surface area contributed by atoms with Crippen molar-refractivity contribution in [3.8, 4) is 0 Å². The molecule has 0 aromatic carbocycles. The second-order valence-corrected chi connectivity index (χ2v) is 5.94. The van der Waals surface area contributed by atoms with Gasteiger partial charge < -0.3 is 5.32 Å². The molecule has 1 saturated carbocycles. The van der Waals surface area contributed by atoms with Crippen LogP contribution in [0.3, 0.4) is 0 Å². The third-order valence-electron chi connectivity index (χ3n) is 3.43. The van der Waals surface area contributed by atoms with Crippen LogP contribution in [0.15, 0.2) is 4.99 Å². The number of rotatable bonds is 2. The molecule has 3 atom stereocenters. The summed E-state index contributed by atoms with van der Waals surface area (Å²) >= 11 is 1.89. The summed E-state index contributed by atoms with van der Waals surface area (Å²) in [6.45, 7) is 6.83. The highest BCUT2D eigenvalue weighted by Gasteiger charge is 2.34. The molecule has 0 bridgehead atoms. The summed E-state index contributed by atoms with van der Waals surface area (Å²) < 4.78 is 0. The molecule has 3 unspecified atom stereocenters. The summed E-state index contributed by atoms with van der Waals surface area (Å²) in [7, 11) is 0. The highest BCUT2D eigenvalue weighted by atomic mass is 32.2. The largest absolute Gasteiger partial charge is 0.360 e. The van der Waals surface area contributed by atoms with E-state index in [1.165, 1.54) is 30.2 Å². The highest BCUT2D eigenvalue weighted by molar-refractivity contribution is 8.13. The number of aliphatic imine (C=N–C) groups is 1. The van der Waals surface area contributed by atoms with Gasteiger partial charge >= 0.3 is 0 Å². The minimum Gasteiger partial charge on any atom is -0.360 e. The third kappa shape index (κ3) is 2.25. The topological polar surface area (TPSA) is 24.4 Å². The molecule has 2 rings (SSSR count). The molecule has 0 aromatic heterocycles. The molecule has 14 heavy (non-hydrogen) atoms. The SMILES string of the molecule is CCC1(C)CCSC(=NC2CC2C)N1. The Kier molecular flexibility index (Phi) is 2.78. The standard InChI is InChI=1S/C11H20N2S/c1-4-11(3)5-6-14-10(13-11)12-9-7-8(9)2/h8-9H,4-7H2,1-3H3,(H,12,13). The van der Waals surface area contributed by atoms with Gasteiger partial charge in [0.05, 0.1) is 6.04 Å². The van der Waals surface area contributed by atoms with Crippen LogP contribution in [0.5, 0.6) is 0 Å². The van der Waals surface area contributed by atoms with E-state index >= 15 is 0 Å². The predicted octanol–water partition coefficient (Wildman–Crippen LogP) is 2.65. The fraction of sp³-hybridized carbons (Fsp3) is 0.909. The van der Waals surface area contributed by atoms with E-state index in [0.29, 0.717) is 11.6 Å². The molecular formula is C11H20N2S. The maximum absolute atomic E-state index is 4.74. The first-order valence-electron chi connectivity index (χ1n) is 5.62. The van der Waals surface area contributed by atoms with Crippen molar-refractivity contribution in [2.45, 2.75) is 51.6 Å². The second kappa shape index (κ2) is 3.76. The molecule has 0 spiro atoms. The lowest BCUT2D eigenvalue weighted by Crippen LogP contribution is -2.48. The summed E-state index contributed by atoms with van der Waals surface area (Å²) in [5, 5.41) is 4.77. The summed E-state index contributed by atoms with van der Waals surface area (Å²) in [6, 6.07) is 0.615. The Morgan fingerprint density at radius 3 is 2.93 bits per heavy atom. The first-order chi connectivity index (χ1) is 6.63. The molecule has 0 radical (unpaired) electrons. The van der Waals surface area contributed by atoms with Crippen LogP contribution >= 0.6 is 11.8 Å². The lowest BCUT2D eigenvalue weighted by molar-refractivity contribution is 0.390. The van der Waals surface area contributed by atoms with Gasteiger partial charge in [-0.25, -0.2) is 0 Å². The Morgan fingerprint density at radius 2 is 2.36 bits per heavy atom. The fourth-order valence-electron chi connectivity index (χ4n) is 1.70. The summed E-state index contributed by atoms with van der Waals surface area (Å²) in [6.07, 6.45) is 3.73. The van der Waals surface area contributed by atoms with E-state index in [0.717, 1.165) is 5.92 Å². The van der Waals surface area contributed by atoms with E-state index in [1.807, 2.05) is 11.8 Å². The Bertz CT molecular complexity index is 252. The summed E-state index contributed by atoms with van der Waals surface area (Å²) in [5.74, 6) is 2.04. The molecule has 1 saturated heterocycles. The quantitative estimate of drug-likeness (QED) is 0.761. The third-order valence-corrected chi connectivity index (χ3v) is 4.32. The Hall–Kier alpha value is -0.180. The van der Waals surface area contributed by atoms with Crippen molar-refractivity contribution in [2.24, 2.45) is 10.9 Å². The average molecular weight is 212 g/mol. The van der Waals surface area contributed by atoms with Crippen LogP contribution in [0.25, 0.3) is 0 Å². The number of amidine groups is 1. The van der Waals surface area contributed by atoms with Crippen LogP contribution in [0.2, 0.25) is 0 Å². The van der Waals surface area contributed by atoms with Crippen LogP contribution < -0.4 is 5.32 Å². The number of nitrogens with zero attached hydrogens (tertiary/aromatic N) is 1. The zero-order chi connectivity index (χ0) is 10.2. The summed E-state index contributed by atoms with van der Waals surface area (Å²) in [4.78, 5) is 4.74. The highest BCUT2D eigenvalue weighted by Crippen LogP contribution is 2.34. The summed E-state index contributed by atoms with van der Waals surface area (Å²) in [5.41, 5.74) is 0.294. The predicted molar refractivity (Wildman–Crippen MR) is 63.9 cm³/mol. The van der Waals surface area contributed by atoms with E-state index in [2.05, 4.69) is 26.1 Å². The molecular weight excluding hydrogens is 192 g/mol. The van der Waals surface area contributed by atoms with Crippen molar-refractivity contribution in [3.05, 3.63) is 0 Å². The van der Waals surface area contributed by atoms with Crippen LogP contribution in [-0.2, 0) is 0 Å². The number of nitrogens with one attached hydrogen (secondary N) is 1. The van der Waals surface area contributed by atoms with Crippen molar-refractivity contribution in [1.29, 1.82) is 0 Å². The average Bonchev–Trinajstić information content (AvgIpc) is 2.82. The minimum atomic E-state index is 0.294. The molecule has 2 nitrogen and oxygen atoms in total. The van der Waals surface area contributed by atoms with Gasteiger partial charge in [0.25, 0.3) is 0 Å². The van der Waals surface area contributed by atoms with Gasteiger partial charge in [-0.3, -0.25) is 4.99 Å². The lowest BCUT2D eigenvalue weighted by Gasteiger charge is -2.35. The van der Waals surface area contributed by atoms with Crippen LogP contribution in [0.1, 0.15) is 40.0 Å². The molecule has 1 aliphatic carbocycles. The molecule has 80 valence electrons. The number of thioether (sulfide) groups is 1. The van der Waals surface area contributed by atoms with E-state index in [-0.39, 0.29) is 0 Å². The van der Waals surface area contributed by atoms with Crippen molar-refractivity contribution >= 4 is 16.9 Å². The molecule has 1 aliphatic heterocycles. The van der Waals surface area contributed by atoms with E-state index < -0.39 is 0 Å². The van der Waals surface area contributed by atoms with Gasteiger partial charge in [-0.2, -0.15) is 0 Å². The van der Waals surface area contributed by atoms with Gasteiger partial charge in [0.15, 0.2) is 5.17 Å². The lowest BCUT2D eigenvalue weighted by atomic mass is 9.96. The Labute approximate surface area is 90.9 Å². The first kappa shape index (κ1) is 10.3. The zero-order valence-corrected chi connectivity index (χ0v) is 10.2. The maximum atomic E-state index is 4.74. The normalized spacial score (nSPS) is 44.9. The van der Waals surface area contributed by atoms with Crippen molar-refractivity contribution in [3.63, 3.8) is 0 Å². The monoisotopic (exact) mass is 212 g/mol. The molecule has 2 fully saturated rings. The molecule has 0 aromatic rings. The van der Waals surface area contributed by atoms with Gasteiger partial charge in [-0.15, -0.1) is 0 Å². The first-order valence-corrected chi connectivity index (χ1v) is 6.60. The van der Waals surface area contributed by atoms with Gasteiger partial charge in [0.1, 0.15) is 0 Å². The Balaban J connectivity index is 1.97. The zero-order valence-electron chi connectivity index (χ0n) is 9.34. The van der Waals surface area contributed by atoms with Crippen molar-refractivity contribution < 1.29 is 0 Å². The minimum absolute atomic E-state index is 0.294. The van der Waals surface area contributed by atoms with Crippen molar-refractivity contribution in [1.82, 2.24) is 5.32 Å². The van der Waals surface area contributed by atoms with Crippen LogP contribution in [0.4, 0.5) is 0 Å². The second-order valence-electron chi connectivity index (χ2n) is 4.85. The van der Waals surface area contributed by atoms with Gasteiger partial charge in [-0.05, 0) is 32.1 Å². The smallest absolute Gasteiger partial charge is 0.157 e. The molecule has 0 amide bonds. The number of hydrogen-bond acceptors (Lipinski definition) is 2. The van der Waals surface area contributed by atoms with Gasteiger partial charge in [0, 0.05) is 11.3 Å². The maximum Gasteiger partial charge on any atom is 0.157 e. The van der Waals surface area contributed by atoms with Gasteiger partial charge in [-0.1, -0.05) is 25.6 Å². The van der Waals surface area contributed by atoms with E-state index in [4.69, 9.17) is 4.99 Å². The van der Waals surface area contributed by atoms with E-state index in [9.17, 15) is 0 Å². The fourth-order valence-corrected chi connectivity index (χ4v) is 2.97. The van der Waals surface area contributed by atoms with Gasteiger partial charge in [0.2, 0.25) is 0 Å². The molecule has 3 heteroatoms. The molecule has 1 heterocycles. The van der Waals surface area contributed by atoms with E-state index in [1.54, 1.807) is 0 Å².